The molecule has 1 aromatic carbocycles. The van der Waals surface area contributed by atoms with Crippen LogP contribution in [0.2, 0.25) is 5.02 Å². The van der Waals surface area contributed by atoms with Crippen molar-refractivity contribution < 1.29 is 18.0 Å². The third-order valence-corrected chi connectivity index (χ3v) is 4.69. The van der Waals surface area contributed by atoms with Crippen LogP contribution < -0.4 is 10.2 Å². The number of amides is 1. The summed E-state index contributed by atoms with van der Waals surface area (Å²) in [4.78, 5) is 18.4. The van der Waals surface area contributed by atoms with Gasteiger partial charge in [0.1, 0.15) is 12.4 Å². The van der Waals surface area contributed by atoms with Gasteiger partial charge in [-0.05, 0) is 37.1 Å². The van der Waals surface area contributed by atoms with Crippen molar-refractivity contribution in [1.82, 2.24) is 10.3 Å². The number of piperidine rings is 1. The van der Waals surface area contributed by atoms with Gasteiger partial charge in [-0.1, -0.05) is 11.6 Å². The van der Waals surface area contributed by atoms with Gasteiger partial charge < -0.3 is 10.2 Å². The first-order valence-electron chi connectivity index (χ1n) is 8.36. The Labute approximate surface area is 158 Å². The van der Waals surface area contributed by atoms with Crippen molar-refractivity contribution in [2.75, 3.05) is 24.5 Å². The van der Waals surface area contributed by atoms with Crippen molar-refractivity contribution >= 4 is 34.2 Å². The van der Waals surface area contributed by atoms with Crippen LogP contribution in [0.4, 0.5) is 19.0 Å². The zero-order valence-electron chi connectivity index (χ0n) is 14.2. The lowest BCUT2D eigenvalue weighted by atomic mass is 9.97. The number of nitrogens with one attached hydrogen (secondary N) is 1. The topological polar surface area (TPSA) is 69.0 Å². The second kappa shape index (κ2) is 7.61. The minimum absolute atomic E-state index is 0.251. The van der Waals surface area contributed by atoms with E-state index in [0.717, 1.165) is 0 Å². The van der Waals surface area contributed by atoms with E-state index in [1.54, 1.807) is 24.3 Å². The van der Waals surface area contributed by atoms with E-state index in [-0.39, 0.29) is 6.54 Å². The summed E-state index contributed by atoms with van der Waals surface area (Å²) in [5, 5.41) is 12.5. The van der Waals surface area contributed by atoms with Crippen molar-refractivity contribution in [3.8, 4) is 6.07 Å². The van der Waals surface area contributed by atoms with Crippen LogP contribution >= 0.6 is 11.6 Å². The Kier molecular flexibility index (Phi) is 5.42. The van der Waals surface area contributed by atoms with Gasteiger partial charge >= 0.3 is 6.18 Å². The molecule has 0 spiro atoms. The summed E-state index contributed by atoms with van der Waals surface area (Å²) in [6.07, 6.45) is -3.28. The summed E-state index contributed by atoms with van der Waals surface area (Å²) in [5.41, 5.74) is 0.998. The molecule has 5 nitrogen and oxygen atoms in total. The number of hydrogen-bond acceptors (Lipinski definition) is 4. The third-order valence-electron chi connectivity index (χ3n) is 4.46. The first-order valence-corrected chi connectivity index (χ1v) is 8.74. The Morgan fingerprint density at radius 1 is 1.41 bits per heavy atom. The number of fused-ring (bicyclic) bond motifs is 1. The van der Waals surface area contributed by atoms with Crippen molar-refractivity contribution in [3.63, 3.8) is 0 Å². The molecule has 0 bridgehead atoms. The fourth-order valence-electron chi connectivity index (χ4n) is 3.17. The zero-order chi connectivity index (χ0) is 19.6. The number of carbonyl (C=O) groups is 1. The summed E-state index contributed by atoms with van der Waals surface area (Å²) >= 11 is 5.98. The number of nitrogens with zero attached hydrogens (tertiary/aromatic N) is 3. The molecule has 1 saturated heterocycles. The molecular weight excluding hydrogens is 381 g/mol. The van der Waals surface area contributed by atoms with Gasteiger partial charge in [0.25, 0.3) is 0 Å². The molecular formula is C18H16ClF3N4O. The molecule has 3 rings (SSSR count). The van der Waals surface area contributed by atoms with Crippen LogP contribution in [-0.4, -0.2) is 36.7 Å². The maximum absolute atomic E-state index is 12.3. The Balaban J connectivity index is 1.81. The van der Waals surface area contributed by atoms with Crippen LogP contribution in [0.1, 0.15) is 18.4 Å². The second-order valence-electron chi connectivity index (χ2n) is 6.42. The summed E-state index contributed by atoms with van der Waals surface area (Å²) in [7, 11) is 0. The number of anilines is 1. The summed E-state index contributed by atoms with van der Waals surface area (Å²) < 4.78 is 36.9. The molecule has 2 aromatic rings. The highest BCUT2D eigenvalue weighted by Gasteiger charge is 2.31. The number of carbonyl (C=O) groups excluding carboxylic acids is 1. The molecule has 1 atom stereocenters. The first-order chi connectivity index (χ1) is 12.8. The van der Waals surface area contributed by atoms with Crippen molar-refractivity contribution in [1.29, 1.82) is 5.26 Å². The number of nitriles is 1. The predicted octanol–water partition coefficient (Wildman–Crippen LogP) is 3.65. The van der Waals surface area contributed by atoms with E-state index < -0.39 is 24.5 Å². The molecule has 142 valence electrons. The average Bonchev–Trinajstić information content (AvgIpc) is 2.64. The summed E-state index contributed by atoms with van der Waals surface area (Å²) in [5.74, 6) is -0.658. The van der Waals surface area contributed by atoms with Gasteiger partial charge in [-0.25, -0.2) is 4.98 Å². The lowest BCUT2D eigenvalue weighted by molar-refractivity contribution is -0.140. The number of pyridine rings is 1. The Bertz CT molecular complexity index is 910. The molecule has 1 aromatic heterocycles. The van der Waals surface area contributed by atoms with Gasteiger partial charge in [0.05, 0.1) is 23.1 Å². The highest BCUT2D eigenvalue weighted by molar-refractivity contribution is 6.31. The van der Waals surface area contributed by atoms with Crippen molar-refractivity contribution in [3.05, 3.63) is 34.9 Å². The Hall–Kier alpha value is -2.53. The molecule has 1 aliphatic rings. The average molecular weight is 397 g/mol. The van der Waals surface area contributed by atoms with E-state index in [2.05, 4.69) is 11.1 Å². The molecule has 27 heavy (non-hydrogen) atoms. The standard InChI is InChI=1S/C18H16ClF3N4O/c19-13-3-4-15-14(7-13)12(8-23)6-16(25-15)26-5-1-2-11(9-26)17(27)24-10-18(20,21)22/h3-4,6-7,11H,1-2,5,9-10H2,(H,24,27). The maximum atomic E-state index is 12.3. The van der Waals surface area contributed by atoms with E-state index in [4.69, 9.17) is 11.6 Å². The van der Waals surface area contributed by atoms with Crippen LogP contribution in [0.5, 0.6) is 0 Å². The highest BCUT2D eigenvalue weighted by Crippen LogP contribution is 2.28. The number of rotatable bonds is 3. The van der Waals surface area contributed by atoms with Gasteiger partial charge in [-0.3, -0.25) is 4.79 Å². The van der Waals surface area contributed by atoms with E-state index in [1.165, 1.54) is 0 Å². The monoisotopic (exact) mass is 396 g/mol. The van der Waals surface area contributed by atoms with Gasteiger partial charge in [0.15, 0.2) is 0 Å². The molecule has 0 aliphatic carbocycles. The normalized spacial score (nSPS) is 17.6. The minimum Gasteiger partial charge on any atom is -0.356 e. The van der Waals surface area contributed by atoms with Gasteiger partial charge in [-0.2, -0.15) is 18.4 Å². The largest absolute Gasteiger partial charge is 0.405 e. The SMILES string of the molecule is N#Cc1cc(N2CCCC(C(=O)NCC(F)(F)F)C2)nc2ccc(Cl)cc12. The third kappa shape index (κ3) is 4.61. The van der Waals surface area contributed by atoms with E-state index in [1.807, 2.05) is 10.2 Å². The van der Waals surface area contributed by atoms with Crippen molar-refractivity contribution in [2.45, 2.75) is 19.0 Å². The maximum Gasteiger partial charge on any atom is 0.405 e. The van der Waals surface area contributed by atoms with E-state index in [9.17, 15) is 23.2 Å². The highest BCUT2D eigenvalue weighted by atomic mass is 35.5. The van der Waals surface area contributed by atoms with E-state index in [0.29, 0.717) is 46.7 Å². The van der Waals surface area contributed by atoms with Gasteiger partial charge in [0, 0.05) is 23.5 Å². The number of hydrogen-bond donors (Lipinski definition) is 1. The number of halogens is 4. The molecule has 1 amide bonds. The van der Waals surface area contributed by atoms with E-state index >= 15 is 0 Å². The van der Waals surface area contributed by atoms with Gasteiger partial charge in [-0.15, -0.1) is 0 Å². The molecule has 0 saturated carbocycles. The smallest absolute Gasteiger partial charge is 0.356 e. The lowest BCUT2D eigenvalue weighted by Gasteiger charge is -2.33. The quantitative estimate of drug-likeness (QED) is 0.859. The molecule has 1 N–H and O–H groups in total. The van der Waals surface area contributed by atoms with Crippen LogP contribution in [0.3, 0.4) is 0 Å². The van der Waals surface area contributed by atoms with Crippen LogP contribution in [-0.2, 0) is 4.79 Å². The second-order valence-corrected chi connectivity index (χ2v) is 6.86. The number of alkyl halides is 3. The van der Waals surface area contributed by atoms with Crippen molar-refractivity contribution in [2.24, 2.45) is 5.92 Å². The summed E-state index contributed by atoms with van der Waals surface area (Å²) in [6, 6.07) is 8.78. The molecule has 1 fully saturated rings. The molecule has 0 radical (unpaired) electrons. The molecule has 2 heterocycles. The fourth-order valence-corrected chi connectivity index (χ4v) is 3.34. The lowest BCUT2D eigenvalue weighted by Crippen LogP contribution is -2.45. The Morgan fingerprint density at radius 3 is 2.89 bits per heavy atom. The molecule has 9 heteroatoms. The summed E-state index contributed by atoms with van der Waals surface area (Å²) in [6.45, 7) is -0.476. The Morgan fingerprint density at radius 2 is 2.19 bits per heavy atom. The first kappa shape index (κ1) is 19.2. The molecule has 1 aliphatic heterocycles. The minimum atomic E-state index is -4.44. The van der Waals surface area contributed by atoms with Gasteiger partial charge in [0.2, 0.25) is 5.91 Å². The van der Waals surface area contributed by atoms with Crippen LogP contribution in [0.15, 0.2) is 24.3 Å². The fraction of sp³-hybridized carbons (Fsp3) is 0.389. The zero-order valence-corrected chi connectivity index (χ0v) is 14.9. The number of benzene rings is 1. The number of aromatic nitrogens is 1. The van der Waals surface area contributed by atoms with Crippen LogP contribution in [0, 0.1) is 17.2 Å². The van der Waals surface area contributed by atoms with Crippen LogP contribution in [0.25, 0.3) is 10.9 Å². The molecule has 1 unspecified atom stereocenters. The predicted molar refractivity (Wildman–Crippen MR) is 95.5 cm³/mol.